The van der Waals surface area contributed by atoms with Crippen molar-refractivity contribution in [3.05, 3.63) is 51.5 Å². The first kappa shape index (κ1) is 25.0. The first-order chi connectivity index (χ1) is 14.1. The lowest BCUT2D eigenvalue weighted by atomic mass is 10.1. The van der Waals surface area contributed by atoms with Gasteiger partial charge in [0.05, 0.1) is 24.9 Å². The van der Waals surface area contributed by atoms with Gasteiger partial charge in [-0.25, -0.2) is 4.98 Å². The van der Waals surface area contributed by atoms with E-state index < -0.39 is 0 Å². The van der Waals surface area contributed by atoms with E-state index in [4.69, 9.17) is 9.47 Å². The Morgan fingerprint density at radius 1 is 1.23 bits per heavy atom. The van der Waals surface area contributed by atoms with Crippen molar-refractivity contribution in [3.63, 3.8) is 0 Å². The molecule has 2 aromatic rings. The summed E-state index contributed by atoms with van der Waals surface area (Å²) in [6.45, 7) is 7.97. The SMILES string of the molecule is CN=C(NCc1cccc(COC2CCOCC2)c1)NCc1nc(C(C)C)cs1.I. The molecular formula is C22H33IN4O2S. The Kier molecular flexibility index (Phi) is 11.0. The molecule has 166 valence electrons. The number of halogens is 1. The van der Waals surface area contributed by atoms with E-state index >= 15 is 0 Å². The number of aliphatic imine (C=N–C) groups is 1. The van der Waals surface area contributed by atoms with Gasteiger partial charge >= 0.3 is 0 Å². The van der Waals surface area contributed by atoms with Gasteiger partial charge in [0.1, 0.15) is 5.01 Å². The van der Waals surface area contributed by atoms with Crippen LogP contribution in [0.4, 0.5) is 0 Å². The number of nitrogens with zero attached hydrogens (tertiary/aromatic N) is 2. The zero-order valence-electron chi connectivity index (χ0n) is 18.0. The van der Waals surface area contributed by atoms with Crippen LogP contribution in [-0.2, 0) is 29.2 Å². The number of hydrogen-bond acceptors (Lipinski definition) is 5. The summed E-state index contributed by atoms with van der Waals surface area (Å²) < 4.78 is 11.4. The smallest absolute Gasteiger partial charge is 0.191 e. The van der Waals surface area contributed by atoms with Crippen molar-refractivity contribution in [2.75, 3.05) is 20.3 Å². The Morgan fingerprint density at radius 2 is 1.97 bits per heavy atom. The Labute approximate surface area is 200 Å². The zero-order valence-corrected chi connectivity index (χ0v) is 21.2. The summed E-state index contributed by atoms with van der Waals surface area (Å²) in [5.74, 6) is 1.23. The molecule has 1 aromatic heterocycles. The number of guanidine groups is 1. The molecule has 0 amide bonds. The van der Waals surface area contributed by atoms with E-state index in [1.165, 1.54) is 11.1 Å². The minimum atomic E-state index is 0. The van der Waals surface area contributed by atoms with Crippen molar-refractivity contribution < 1.29 is 9.47 Å². The average molecular weight is 545 g/mol. The molecule has 0 saturated carbocycles. The zero-order chi connectivity index (χ0) is 20.5. The molecule has 2 N–H and O–H groups in total. The van der Waals surface area contributed by atoms with Crippen LogP contribution in [0.15, 0.2) is 34.6 Å². The lowest BCUT2D eigenvalue weighted by Crippen LogP contribution is -2.36. The Hall–Kier alpha value is -1.23. The number of benzene rings is 1. The third kappa shape index (κ3) is 8.13. The van der Waals surface area contributed by atoms with Crippen molar-refractivity contribution in [2.24, 2.45) is 4.99 Å². The van der Waals surface area contributed by atoms with Crippen LogP contribution < -0.4 is 10.6 Å². The Bertz CT molecular complexity index is 791. The molecule has 1 fully saturated rings. The maximum atomic E-state index is 6.03. The molecule has 1 saturated heterocycles. The van der Waals surface area contributed by atoms with E-state index in [1.807, 2.05) is 0 Å². The fraction of sp³-hybridized carbons (Fsp3) is 0.545. The maximum Gasteiger partial charge on any atom is 0.191 e. The molecule has 0 spiro atoms. The van der Waals surface area contributed by atoms with E-state index in [9.17, 15) is 0 Å². The highest BCUT2D eigenvalue weighted by Gasteiger charge is 2.14. The molecule has 1 aliphatic heterocycles. The Morgan fingerprint density at radius 3 is 2.67 bits per heavy atom. The summed E-state index contributed by atoms with van der Waals surface area (Å²) in [7, 11) is 1.79. The van der Waals surface area contributed by atoms with Gasteiger partial charge in [-0.15, -0.1) is 35.3 Å². The third-order valence-corrected chi connectivity index (χ3v) is 5.76. The first-order valence-corrected chi connectivity index (χ1v) is 11.2. The minimum Gasteiger partial charge on any atom is -0.381 e. The molecule has 0 unspecified atom stereocenters. The fourth-order valence-electron chi connectivity index (χ4n) is 3.12. The quantitative estimate of drug-likeness (QED) is 0.292. The van der Waals surface area contributed by atoms with Gasteiger partial charge in [0.25, 0.3) is 0 Å². The largest absolute Gasteiger partial charge is 0.381 e. The molecule has 3 rings (SSSR count). The van der Waals surface area contributed by atoms with Gasteiger partial charge in [0, 0.05) is 32.2 Å². The van der Waals surface area contributed by atoms with Gasteiger partial charge in [-0.05, 0) is 29.9 Å². The molecular weight excluding hydrogens is 511 g/mol. The topological polar surface area (TPSA) is 67.8 Å². The maximum absolute atomic E-state index is 6.03. The van der Waals surface area contributed by atoms with E-state index in [0.29, 0.717) is 31.7 Å². The van der Waals surface area contributed by atoms with Gasteiger partial charge in [-0.1, -0.05) is 38.1 Å². The third-order valence-electron chi connectivity index (χ3n) is 4.90. The number of nitrogens with one attached hydrogen (secondary N) is 2. The standard InChI is InChI=1S/C22H32N4O2S.HI/c1-16(2)20-15-29-21(26-20)13-25-22(23-3)24-12-17-5-4-6-18(11-17)14-28-19-7-9-27-10-8-19;/h4-6,11,15-16,19H,7-10,12-14H2,1-3H3,(H2,23,24,25);1H. The first-order valence-electron chi connectivity index (χ1n) is 10.3. The monoisotopic (exact) mass is 544 g/mol. The van der Waals surface area contributed by atoms with Crippen molar-refractivity contribution in [2.45, 2.75) is 58.4 Å². The van der Waals surface area contributed by atoms with Gasteiger partial charge in [-0.3, -0.25) is 4.99 Å². The van der Waals surface area contributed by atoms with E-state index in [1.54, 1.807) is 18.4 Å². The summed E-state index contributed by atoms with van der Waals surface area (Å²) in [5.41, 5.74) is 3.55. The molecule has 0 atom stereocenters. The minimum absolute atomic E-state index is 0. The summed E-state index contributed by atoms with van der Waals surface area (Å²) >= 11 is 1.69. The summed E-state index contributed by atoms with van der Waals surface area (Å²) in [6, 6.07) is 8.51. The molecule has 30 heavy (non-hydrogen) atoms. The van der Waals surface area contributed by atoms with Gasteiger partial charge in [0.15, 0.2) is 5.96 Å². The molecule has 1 aliphatic rings. The number of thiazole rings is 1. The highest BCUT2D eigenvalue weighted by molar-refractivity contribution is 14.0. The number of rotatable bonds is 8. The van der Waals surface area contributed by atoms with Crippen LogP contribution >= 0.6 is 35.3 Å². The number of ether oxygens (including phenoxy) is 2. The van der Waals surface area contributed by atoms with Crippen molar-refractivity contribution in [1.82, 2.24) is 15.6 Å². The van der Waals surface area contributed by atoms with Crippen LogP contribution in [0, 0.1) is 0 Å². The van der Waals surface area contributed by atoms with Gasteiger partial charge in [0.2, 0.25) is 0 Å². The highest BCUT2D eigenvalue weighted by atomic mass is 127. The van der Waals surface area contributed by atoms with Crippen LogP contribution in [0.25, 0.3) is 0 Å². The molecule has 1 aromatic carbocycles. The molecule has 2 heterocycles. The second-order valence-corrected chi connectivity index (χ2v) is 8.49. The fourth-order valence-corrected chi connectivity index (χ4v) is 4.02. The van der Waals surface area contributed by atoms with Crippen molar-refractivity contribution >= 4 is 41.3 Å². The molecule has 8 heteroatoms. The second-order valence-electron chi connectivity index (χ2n) is 7.54. The van der Waals surface area contributed by atoms with Gasteiger partial charge < -0.3 is 20.1 Å². The van der Waals surface area contributed by atoms with Crippen LogP contribution in [0.2, 0.25) is 0 Å². The van der Waals surface area contributed by atoms with Crippen LogP contribution in [-0.4, -0.2) is 37.3 Å². The molecule has 0 aliphatic carbocycles. The molecule has 6 nitrogen and oxygen atoms in total. The lowest BCUT2D eigenvalue weighted by Gasteiger charge is -2.22. The van der Waals surface area contributed by atoms with E-state index in [2.05, 4.69) is 64.1 Å². The molecule has 0 bridgehead atoms. The van der Waals surface area contributed by atoms with Crippen LogP contribution in [0.3, 0.4) is 0 Å². The van der Waals surface area contributed by atoms with Crippen molar-refractivity contribution in [3.8, 4) is 0 Å². The average Bonchev–Trinajstić information content (AvgIpc) is 3.23. The predicted molar refractivity (Wildman–Crippen MR) is 134 cm³/mol. The highest BCUT2D eigenvalue weighted by Crippen LogP contribution is 2.17. The van der Waals surface area contributed by atoms with Crippen molar-refractivity contribution in [1.29, 1.82) is 0 Å². The summed E-state index contributed by atoms with van der Waals surface area (Å²) in [4.78, 5) is 8.97. The van der Waals surface area contributed by atoms with E-state index in [-0.39, 0.29) is 24.0 Å². The Balaban J connectivity index is 0.00000320. The second kappa shape index (κ2) is 13.2. The lowest BCUT2D eigenvalue weighted by molar-refractivity contribution is -0.0390. The predicted octanol–water partition coefficient (Wildman–Crippen LogP) is 4.45. The normalized spacial score (nSPS) is 15.1. The van der Waals surface area contributed by atoms with Gasteiger partial charge in [-0.2, -0.15) is 0 Å². The van der Waals surface area contributed by atoms with E-state index in [0.717, 1.165) is 42.7 Å². The molecule has 0 radical (unpaired) electrons. The number of hydrogen-bond donors (Lipinski definition) is 2. The van der Waals surface area contributed by atoms with Crippen LogP contribution in [0.5, 0.6) is 0 Å². The summed E-state index contributed by atoms with van der Waals surface area (Å²) in [6.07, 6.45) is 2.29. The summed E-state index contributed by atoms with van der Waals surface area (Å²) in [5, 5.41) is 9.92. The van der Waals surface area contributed by atoms with Crippen LogP contribution in [0.1, 0.15) is 54.4 Å². The number of aromatic nitrogens is 1.